The predicted molar refractivity (Wildman–Crippen MR) is 59.7 cm³/mol. The molecule has 76 valence electrons. The molecule has 0 saturated heterocycles. The van der Waals surface area contributed by atoms with E-state index >= 15 is 0 Å². The van der Waals surface area contributed by atoms with Gasteiger partial charge in [-0.05, 0) is 18.2 Å². The summed E-state index contributed by atoms with van der Waals surface area (Å²) < 4.78 is 0. The fourth-order valence-corrected chi connectivity index (χ4v) is 1.51. The van der Waals surface area contributed by atoms with Crippen LogP contribution in [0.2, 0.25) is 5.15 Å². The van der Waals surface area contributed by atoms with E-state index < -0.39 is 0 Å². The van der Waals surface area contributed by atoms with Crippen LogP contribution in [0.5, 0.6) is 0 Å². The van der Waals surface area contributed by atoms with E-state index in [2.05, 4.69) is 15.0 Å². The van der Waals surface area contributed by atoms with Gasteiger partial charge in [0.05, 0.1) is 5.69 Å². The van der Waals surface area contributed by atoms with Crippen LogP contribution >= 0.6 is 11.6 Å². The summed E-state index contributed by atoms with van der Waals surface area (Å²) >= 11 is 5.98. The molecule has 4 heteroatoms. The number of halogens is 1. The van der Waals surface area contributed by atoms with Gasteiger partial charge >= 0.3 is 0 Å². The molecule has 0 fully saturated rings. The molecule has 0 aliphatic rings. The van der Waals surface area contributed by atoms with E-state index in [1.807, 2.05) is 25.1 Å². The van der Waals surface area contributed by atoms with Gasteiger partial charge < -0.3 is 0 Å². The molecule has 2 aromatic rings. The van der Waals surface area contributed by atoms with Gasteiger partial charge in [0, 0.05) is 24.4 Å². The fraction of sp³-hybridized carbons (Fsp3) is 0.182. The molecule has 0 radical (unpaired) electrons. The molecule has 0 aliphatic carbocycles. The minimum absolute atomic E-state index is 0.471. The average Bonchev–Trinajstić information content (AvgIpc) is 2.30. The van der Waals surface area contributed by atoms with Crippen LogP contribution in [0.3, 0.4) is 0 Å². The molecule has 0 bridgehead atoms. The van der Waals surface area contributed by atoms with Crippen molar-refractivity contribution in [2.75, 3.05) is 0 Å². The molecule has 15 heavy (non-hydrogen) atoms. The van der Waals surface area contributed by atoms with Crippen molar-refractivity contribution >= 4 is 11.6 Å². The zero-order valence-electron chi connectivity index (χ0n) is 8.31. The average molecular weight is 220 g/mol. The highest BCUT2D eigenvalue weighted by atomic mass is 35.5. The Labute approximate surface area is 93.2 Å². The van der Waals surface area contributed by atoms with E-state index in [4.69, 9.17) is 11.6 Å². The second-order valence-electron chi connectivity index (χ2n) is 3.05. The van der Waals surface area contributed by atoms with E-state index in [-0.39, 0.29) is 0 Å². The Morgan fingerprint density at radius 3 is 2.80 bits per heavy atom. The van der Waals surface area contributed by atoms with E-state index in [1.54, 1.807) is 12.4 Å². The van der Waals surface area contributed by atoms with Gasteiger partial charge in [-0.15, -0.1) is 0 Å². The lowest BCUT2D eigenvalue weighted by Crippen LogP contribution is -1.94. The Hall–Kier alpha value is -1.48. The summed E-state index contributed by atoms with van der Waals surface area (Å²) in [5.41, 5.74) is 1.66. The lowest BCUT2D eigenvalue weighted by molar-refractivity contribution is 0.943. The maximum atomic E-state index is 5.98. The van der Waals surface area contributed by atoms with Gasteiger partial charge in [0.1, 0.15) is 11.0 Å². The molecule has 2 heterocycles. The van der Waals surface area contributed by atoms with Gasteiger partial charge in [-0.3, -0.25) is 0 Å². The van der Waals surface area contributed by atoms with Gasteiger partial charge in [0.25, 0.3) is 0 Å². The number of nitrogens with zero attached hydrogens (tertiary/aromatic N) is 3. The van der Waals surface area contributed by atoms with Crippen LogP contribution in [0, 0.1) is 0 Å². The van der Waals surface area contributed by atoms with Crippen molar-refractivity contribution in [3.8, 4) is 11.3 Å². The van der Waals surface area contributed by atoms with Crippen molar-refractivity contribution in [2.45, 2.75) is 13.3 Å². The number of aryl methyl sites for hydroxylation is 1. The molecule has 0 aromatic carbocycles. The monoisotopic (exact) mass is 219 g/mol. The third-order valence-corrected chi connectivity index (χ3v) is 2.36. The summed E-state index contributed by atoms with van der Waals surface area (Å²) in [5, 5.41) is 0.471. The highest BCUT2D eigenvalue weighted by Gasteiger charge is 2.05. The number of aromatic nitrogens is 3. The molecule has 0 unspecified atom stereocenters. The van der Waals surface area contributed by atoms with Crippen LogP contribution in [0.25, 0.3) is 11.3 Å². The van der Waals surface area contributed by atoms with Gasteiger partial charge in [-0.1, -0.05) is 18.5 Å². The SMILES string of the molecule is CCc1nccc(-c2cccnc2Cl)n1. The van der Waals surface area contributed by atoms with Crippen LogP contribution in [0.15, 0.2) is 30.6 Å². The highest BCUT2D eigenvalue weighted by molar-refractivity contribution is 6.31. The van der Waals surface area contributed by atoms with E-state index in [1.165, 1.54) is 0 Å². The van der Waals surface area contributed by atoms with Crippen molar-refractivity contribution < 1.29 is 0 Å². The maximum absolute atomic E-state index is 5.98. The largest absolute Gasteiger partial charge is 0.244 e. The van der Waals surface area contributed by atoms with Crippen molar-refractivity contribution in [1.29, 1.82) is 0 Å². The Morgan fingerprint density at radius 1 is 1.20 bits per heavy atom. The smallest absolute Gasteiger partial charge is 0.138 e. The molecule has 0 amide bonds. The molecular formula is C11H10ClN3. The zero-order valence-corrected chi connectivity index (χ0v) is 9.07. The minimum Gasteiger partial charge on any atom is -0.244 e. The molecule has 0 aliphatic heterocycles. The van der Waals surface area contributed by atoms with Crippen LogP contribution in [0.1, 0.15) is 12.7 Å². The summed E-state index contributed by atoms with van der Waals surface area (Å²) in [5.74, 6) is 0.812. The van der Waals surface area contributed by atoms with Gasteiger partial charge in [0.2, 0.25) is 0 Å². The molecular weight excluding hydrogens is 210 g/mol. The predicted octanol–water partition coefficient (Wildman–Crippen LogP) is 2.75. The fourth-order valence-electron chi connectivity index (χ4n) is 1.30. The zero-order chi connectivity index (χ0) is 10.7. The first-order valence-electron chi connectivity index (χ1n) is 4.74. The molecule has 2 aromatic heterocycles. The quantitative estimate of drug-likeness (QED) is 0.729. The first-order valence-corrected chi connectivity index (χ1v) is 5.12. The highest BCUT2D eigenvalue weighted by Crippen LogP contribution is 2.23. The minimum atomic E-state index is 0.471. The van der Waals surface area contributed by atoms with Gasteiger partial charge in [-0.2, -0.15) is 0 Å². The van der Waals surface area contributed by atoms with Crippen LogP contribution in [-0.4, -0.2) is 15.0 Å². The topological polar surface area (TPSA) is 38.7 Å². The van der Waals surface area contributed by atoms with E-state index in [9.17, 15) is 0 Å². The number of pyridine rings is 1. The summed E-state index contributed by atoms with van der Waals surface area (Å²) in [4.78, 5) is 12.5. The molecule has 2 rings (SSSR count). The number of hydrogen-bond acceptors (Lipinski definition) is 3. The second kappa shape index (κ2) is 4.36. The number of hydrogen-bond donors (Lipinski definition) is 0. The summed E-state index contributed by atoms with van der Waals surface area (Å²) in [6.07, 6.45) is 4.21. The standard InChI is InChI=1S/C11H10ClN3/c1-2-10-13-7-5-9(15-10)8-4-3-6-14-11(8)12/h3-7H,2H2,1H3. The summed E-state index contributed by atoms with van der Waals surface area (Å²) in [7, 11) is 0. The lowest BCUT2D eigenvalue weighted by atomic mass is 10.2. The van der Waals surface area contributed by atoms with Crippen LogP contribution < -0.4 is 0 Å². The third kappa shape index (κ3) is 2.13. The van der Waals surface area contributed by atoms with Gasteiger partial charge in [-0.25, -0.2) is 15.0 Å². The first-order chi connectivity index (χ1) is 7.31. The van der Waals surface area contributed by atoms with E-state index in [0.29, 0.717) is 5.15 Å². The number of rotatable bonds is 2. The van der Waals surface area contributed by atoms with E-state index in [0.717, 1.165) is 23.5 Å². The first kappa shape index (κ1) is 10.1. The van der Waals surface area contributed by atoms with Crippen molar-refractivity contribution in [1.82, 2.24) is 15.0 Å². The van der Waals surface area contributed by atoms with Crippen molar-refractivity contribution in [2.24, 2.45) is 0 Å². The van der Waals surface area contributed by atoms with Crippen molar-refractivity contribution in [3.63, 3.8) is 0 Å². The molecule has 0 spiro atoms. The van der Waals surface area contributed by atoms with Gasteiger partial charge in [0.15, 0.2) is 0 Å². The maximum Gasteiger partial charge on any atom is 0.138 e. The van der Waals surface area contributed by atoms with Crippen LogP contribution in [-0.2, 0) is 6.42 Å². The Balaban J connectivity index is 2.49. The Kier molecular flexibility index (Phi) is 2.92. The molecule has 3 nitrogen and oxygen atoms in total. The van der Waals surface area contributed by atoms with Crippen molar-refractivity contribution in [3.05, 3.63) is 41.6 Å². The Morgan fingerprint density at radius 2 is 2.07 bits per heavy atom. The lowest BCUT2D eigenvalue weighted by Gasteiger charge is -2.03. The molecule has 0 saturated carbocycles. The second-order valence-corrected chi connectivity index (χ2v) is 3.41. The molecule has 0 N–H and O–H groups in total. The summed E-state index contributed by atoms with van der Waals surface area (Å²) in [6.45, 7) is 2.02. The van der Waals surface area contributed by atoms with Crippen LogP contribution in [0.4, 0.5) is 0 Å². The molecule has 0 atom stereocenters. The third-order valence-electron chi connectivity index (χ3n) is 2.06. The normalized spacial score (nSPS) is 10.3. The summed E-state index contributed by atoms with van der Waals surface area (Å²) in [6, 6.07) is 5.58. The Bertz CT molecular complexity index is 471.